The van der Waals surface area contributed by atoms with Crippen molar-refractivity contribution in [1.82, 2.24) is 4.90 Å². The van der Waals surface area contributed by atoms with E-state index in [4.69, 9.17) is 16.3 Å². The van der Waals surface area contributed by atoms with E-state index in [2.05, 4.69) is 4.90 Å². The lowest BCUT2D eigenvalue weighted by Crippen LogP contribution is -2.52. The summed E-state index contributed by atoms with van der Waals surface area (Å²) in [7, 11) is 0. The molecule has 2 fully saturated rings. The van der Waals surface area contributed by atoms with Crippen LogP contribution in [-0.4, -0.2) is 42.4 Å². The van der Waals surface area contributed by atoms with E-state index in [-0.39, 0.29) is 11.3 Å². The largest absolute Gasteiger partial charge is 0.493 e. The van der Waals surface area contributed by atoms with Crippen molar-refractivity contribution in [2.75, 3.05) is 26.2 Å². The number of likely N-dealkylation sites (tertiary alicyclic amines) is 1. The second-order valence-corrected chi connectivity index (χ2v) is 9.57. The fourth-order valence-electron chi connectivity index (χ4n) is 4.98. The summed E-state index contributed by atoms with van der Waals surface area (Å²) in [6.07, 6.45) is 0.300. The lowest BCUT2D eigenvalue weighted by Gasteiger charge is -2.48. The molecule has 1 aliphatic carbocycles. The van der Waals surface area contributed by atoms with Crippen molar-refractivity contribution in [1.29, 1.82) is 0 Å². The van der Waals surface area contributed by atoms with Gasteiger partial charge in [0, 0.05) is 29.4 Å². The van der Waals surface area contributed by atoms with Crippen molar-refractivity contribution >= 4 is 11.6 Å². The molecule has 1 saturated carbocycles. The minimum Gasteiger partial charge on any atom is -0.493 e. The quantitative estimate of drug-likeness (QED) is 0.547. The van der Waals surface area contributed by atoms with Crippen LogP contribution in [0.5, 0.6) is 5.75 Å². The van der Waals surface area contributed by atoms with Gasteiger partial charge in [-0.2, -0.15) is 13.2 Å². The molecule has 7 heteroatoms. The molecule has 3 nitrogen and oxygen atoms in total. The Balaban J connectivity index is 1.31. The second-order valence-electron chi connectivity index (χ2n) is 9.13. The van der Waals surface area contributed by atoms with E-state index >= 15 is 0 Å². The van der Waals surface area contributed by atoms with Crippen molar-refractivity contribution in [3.8, 4) is 5.75 Å². The fourth-order valence-corrected chi connectivity index (χ4v) is 5.11. The summed E-state index contributed by atoms with van der Waals surface area (Å²) in [6.45, 7) is 2.82. The van der Waals surface area contributed by atoms with E-state index < -0.39 is 17.8 Å². The van der Waals surface area contributed by atoms with Gasteiger partial charge in [0.2, 0.25) is 0 Å². The van der Waals surface area contributed by atoms with Gasteiger partial charge in [0.15, 0.2) is 0 Å². The Bertz CT molecular complexity index is 882. The number of hydrogen-bond acceptors (Lipinski definition) is 3. The van der Waals surface area contributed by atoms with Crippen molar-refractivity contribution in [3.63, 3.8) is 0 Å². The number of rotatable bonds is 7. The standard InChI is InChI=1S/C25H29ClF3NO2/c26-21-8-4-19(5-9-21)24(12-2-13-24)23(31)16-30-14-1-3-18(15-30)17-32-22-10-6-20(7-11-22)25(27,28)29/h4-11,18,23,31H,1-3,12-17H2/t18-,23?/m0/s1. The van der Waals surface area contributed by atoms with Crippen molar-refractivity contribution < 1.29 is 23.0 Å². The molecule has 2 atom stereocenters. The number of ether oxygens (including phenoxy) is 1. The van der Waals surface area contributed by atoms with Gasteiger partial charge in [-0.25, -0.2) is 0 Å². The molecule has 0 aromatic heterocycles. The lowest BCUT2D eigenvalue weighted by atomic mass is 9.61. The van der Waals surface area contributed by atoms with Gasteiger partial charge in [-0.05, 0) is 74.2 Å². The van der Waals surface area contributed by atoms with Gasteiger partial charge in [0.1, 0.15) is 5.75 Å². The Labute approximate surface area is 192 Å². The van der Waals surface area contributed by atoms with E-state index in [1.807, 2.05) is 24.3 Å². The highest BCUT2D eigenvalue weighted by molar-refractivity contribution is 6.30. The molecule has 2 aromatic rings. The Morgan fingerprint density at radius 1 is 1.06 bits per heavy atom. The van der Waals surface area contributed by atoms with Crippen LogP contribution in [0.15, 0.2) is 48.5 Å². The third-order valence-corrected chi connectivity index (χ3v) is 7.26. The number of aliphatic hydroxyl groups excluding tert-OH is 1. The first-order valence-electron chi connectivity index (χ1n) is 11.2. The SMILES string of the molecule is OC(CN1CCC[C@H](COc2ccc(C(F)(F)F)cc2)C1)C1(c2ccc(Cl)cc2)CCC1. The summed E-state index contributed by atoms with van der Waals surface area (Å²) in [5.74, 6) is 0.734. The van der Waals surface area contributed by atoms with Gasteiger partial charge in [0.05, 0.1) is 18.3 Å². The summed E-state index contributed by atoms with van der Waals surface area (Å²) >= 11 is 6.04. The van der Waals surface area contributed by atoms with Gasteiger partial charge < -0.3 is 14.7 Å². The number of β-amino-alcohol motifs (C(OH)–C–C–N with tert-alkyl or cyclic N) is 1. The van der Waals surface area contributed by atoms with E-state index in [1.54, 1.807) is 0 Å². The number of benzene rings is 2. The number of alkyl halides is 3. The Morgan fingerprint density at radius 2 is 1.75 bits per heavy atom. The van der Waals surface area contributed by atoms with Crippen molar-refractivity contribution in [3.05, 3.63) is 64.7 Å². The second kappa shape index (κ2) is 9.62. The van der Waals surface area contributed by atoms with Crippen LogP contribution in [0.3, 0.4) is 0 Å². The first-order valence-corrected chi connectivity index (χ1v) is 11.6. The lowest BCUT2D eigenvalue weighted by molar-refractivity contribution is -0.137. The molecule has 2 aliphatic rings. The molecule has 1 saturated heterocycles. The average Bonchev–Trinajstić information content (AvgIpc) is 2.73. The van der Waals surface area contributed by atoms with Gasteiger partial charge in [0.25, 0.3) is 0 Å². The molecule has 32 heavy (non-hydrogen) atoms. The molecule has 4 rings (SSSR count). The first-order chi connectivity index (χ1) is 15.3. The maximum atomic E-state index is 12.7. The molecule has 0 amide bonds. The topological polar surface area (TPSA) is 32.7 Å². The highest BCUT2D eigenvalue weighted by atomic mass is 35.5. The maximum Gasteiger partial charge on any atom is 0.416 e. The first kappa shape index (κ1) is 23.4. The summed E-state index contributed by atoms with van der Waals surface area (Å²) in [5, 5.41) is 11.9. The molecule has 0 spiro atoms. The zero-order valence-electron chi connectivity index (χ0n) is 18.0. The van der Waals surface area contributed by atoms with Crippen LogP contribution in [0.2, 0.25) is 5.02 Å². The zero-order valence-corrected chi connectivity index (χ0v) is 18.7. The van der Waals surface area contributed by atoms with E-state index in [9.17, 15) is 18.3 Å². The number of aliphatic hydroxyl groups is 1. The molecule has 2 aromatic carbocycles. The summed E-state index contributed by atoms with van der Waals surface area (Å²) < 4.78 is 43.9. The molecule has 1 aliphatic heterocycles. The average molecular weight is 468 g/mol. The normalized spacial score (nSPS) is 22.2. The van der Waals surface area contributed by atoms with Crippen LogP contribution in [-0.2, 0) is 11.6 Å². The maximum absolute atomic E-state index is 12.7. The molecule has 0 radical (unpaired) electrons. The minimum atomic E-state index is -4.34. The van der Waals surface area contributed by atoms with Crippen LogP contribution in [0.1, 0.15) is 43.2 Å². The third kappa shape index (κ3) is 5.24. The predicted octanol–water partition coefficient (Wildman–Crippen LogP) is 5.93. The number of piperidine rings is 1. The molecule has 174 valence electrons. The predicted molar refractivity (Wildman–Crippen MR) is 119 cm³/mol. The minimum absolute atomic E-state index is 0.200. The molecule has 1 N–H and O–H groups in total. The van der Waals surface area contributed by atoms with Crippen LogP contribution in [0.25, 0.3) is 0 Å². The summed E-state index contributed by atoms with van der Waals surface area (Å²) in [4.78, 5) is 2.30. The van der Waals surface area contributed by atoms with Crippen LogP contribution in [0, 0.1) is 5.92 Å². The van der Waals surface area contributed by atoms with Crippen molar-refractivity contribution in [2.45, 2.75) is 49.8 Å². The Hall–Kier alpha value is -1.76. The molecule has 1 unspecified atom stereocenters. The van der Waals surface area contributed by atoms with Crippen LogP contribution in [0.4, 0.5) is 13.2 Å². The van der Waals surface area contributed by atoms with E-state index in [0.29, 0.717) is 23.9 Å². The monoisotopic (exact) mass is 467 g/mol. The fraction of sp³-hybridized carbons (Fsp3) is 0.520. The van der Waals surface area contributed by atoms with E-state index in [0.717, 1.165) is 62.9 Å². The highest BCUT2D eigenvalue weighted by Crippen LogP contribution is 2.47. The number of halogens is 4. The number of nitrogens with zero attached hydrogens (tertiary/aromatic N) is 1. The molecular weight excluding hydrogens is 439 g/mol. The molecule has 1 heterocycles. The Kier molecular flexibility index (Phi) is 7.03. The molecule has 0 bridgehead atoms. The summed E-state index contributed by atoms with van der Waals surface area (Å²) in [6, 6.07) is 12.7. The molecular formula is C25H29ClF3NO2. The third-order valence-electron chi connectivity index (χ3n) is 7.00. The van der Waals surface area contributed by atoms with Gasteiger partial charge in [-0.1, -0.05) is 30.2 Å². The summed E-state index contributed by atoms with van der Waals surface area (Å²) in [5.41, 5.74) is 0.280. The van der Waals surface area contributed by atoms with Crippen LogP contribution >= 0.6 is 11.6 Å². The zero-order chi connectivity index (χ0) is 22.8. The van der Waals surface area contributed by atoms with E-state index in [1.165, 1.54) is 12.1 Å². The number of hydrogen-bond donors (Lipinski definition) is 1. The van der Waals surface area contributed by atoms with Crippen LogP contribution < -0.4 is 4.74 Å². The van der Waals surface area contributed by atoms with Crippen molar-refractivity contribution in [2.24, 2.45) is 5.92 Å². The smallest absolute Gasteiger partial charge is 0.416 e. The van der Waals surface area contributed by atoms with Gasteiger partial charge in [-0.15, -0.1) is 0 Å². The van der Waals surface area contributed by atoms with Gasteiger partial charge >= 0.3 is 6.18 Å². The Morgan fingerprint density at radius 3 is 2.34 bits per heavy atom. The van der Waals surface area contributed by atoms with Gasteiger partial charge in [-0.3, -0.25) is 0 Å². The highest BCUT2D eigenvalue weighted by Gasteiger charge is 2.45.